The Morgan fingerprint density at radius 2 is 0.936 bits per heavy atom. The van der Waals surface area contributed by atoms with E-state index in [4.69, 9.17) is 19.3 Å². The van der Waals surface area contributed by atoms with Crippen molar-refractivity contribution in [3.63, 3.8) is 0 Å². The second-order valence-corrected chi connectivity index (χ2v) is 15.1. The Kier molecular flexibility index (Phi) is 32.9. The zero-order valence-electron chi connectivity index (χ0n) is 30.9. The lowest BCUT2D eigenvalue weighted by atomic mass is 10.00. The van der Waals surface area contributed by atoms with Crippen molar-refractivity contribution < 1.29 is 37.9 Å². The quantitative estimate of drug-likeness (QED) is 0.0379. The van der Waals surface area contributed by atoms with E-state index in [-0.39, 0.29) is 19.4 Å². The predicted molar refractivity (Wildman–Crippen MR) is 193 cm³/mol. The van der Waals surface area contributed by atoms with E-state index in [1.807, 2.05) is 0 Å². The lowest BCUT2D eigenvalue weighted by Crippen LogP contribution is -2.29. The molecule has 0 spiro atoms. The van der Waals surface area contributed by atoms with Gasteiger partial charge >= 0.3 is 19.8 Å². The molecule has 0 saturated heterocycles. The van der Waals surface area contributed by atoms with Crippen molar-refractivity contribution in [2.75, 3.05) is 13.2 Å². The number of ether oxygens (including phenoxy) is 2. The number of hydrogen-bond acceptors (Lipinski definition) is 6. The van der Waals surface area contributed by atoms with Crippen molar-refractivity contribution in [1.29, 1.82) is 0 Å². The molecule has 0 rings (SSSR count). The molecule has 0 amide bonds. The van der Waals surface area contributed by atoms with Crippen LogP contribution in [-0.4, -0.2) is 41.0 Å². The van der Waals surface area contributed by atoms with E-state index < -0.39 is 32.5 Å². The molecule has 1 unspecified atom stereocenters. The zero-order chi connectivity index (χ0) is 34.9. The minimum atomic E-state index is -4.74. The average molecular weight is 691 g/mol. The molecular formula is C38H75O8P. The molecule has 0 aliphatic heterocycles. The number of esters is 2. The molecule has 0 radical (unpaired) electrons. The second kappa shape index (κ2) is 33.5. The van der Waals surface area contributed by atoms with Gasteiger partial charge in [-0.25, -0.2) is 4.57 Å². The van der Waals surface area contributed by atoms with Crippen LogP contribution >= 0.6 is 7.82 Å². The number of phosphoric ester groups is 1. The van der Waals surface area contributed by atoms with E-state index in [0.29, 0.717) is 6.42 Å². The molecule has 0 aromatic carbocycles. The molecule has 2 N–H and O–H groups in total. The van der Waals surface area contributed by atoms with Gasteiger partial charge in [-0.3, -0.25) is 14.1 Å². The Morgan fingerprint density at radius 1 is 0.553 bits per heavy atom. The van der Waals surface area contributed by atoms with Gasteiger partial charge in [0, 0.05) is 12.8 Å². The topological polar surface area (TPSA) is 119 Å². The smallest absolute Gasteiger partial charge is 0.462 e. The summed E-state index contributed by atoms with van der Waals surface area (Å²) in [6.45, 7) is 5.97. The third-order valence-corrected chi connectivity index (χ3v) is 9.65. The molecule has 8 nitrogen and oxygen atoms in total. The molecule has 0 fully saturated rings. The number of carbonyl (C=O) groups excluding carboxylic acids is 2. The van der Waals surface area contributed by atoms with Crippen LogP contribution in [0.4, 0.5) is 0 Å². The first-order valence-corrected chi connectivity index (χ1v) is 21.3. The number of rotatable bonds is 36. The van der Waals surface area contributed by atoms with Crippen LogP contribution in [0.5, 0.6) is 0 Å². The van der Waals surface area contributed by atoms with Gasteiger partial charge in [-0.15, -0.1) is 0 Å². The Bertz CT molecular complexity index is 756. The summed E-state index contributed by atoms with van der Waals surface area (Å²) < 4.78 is 26.3. The summed E-state index contributed by atoms with van der Waals surface area (Å²) >= 11 is 0. The predicted octanol–water partition coefficient (Wildman–Crippen LogP) is 11.5. The standard InChI is InChI=1S/C38H75O8P/c1-4-6-7-8-9-10-11-12-13-14-15-16-17-18-19-20-21-25-28-31-37(39)44-33-36(34-45-47(41,42)43)46-38(40)32-29-26-23-22-24-27-30-35(3)5-2/h35-36H,4-34H2,1-3H3,(H2,41,42,43)/t35?,36-/m1/s1. The molecule has 2 atom stereocenters. The van der Waals surface area contributed by atoms with E-state index >= 15 is 0 Å². The van der Waals surface area contributed by atoms with Crippen molar-refractivity contribution in [2.24, 2.45) is 5.92 Å². The van der Waals surface area contributed by atoms with Gasteiger partial charge in [0.05, 0.1) is 6.61 Å². The van der Waals surface area contributed by atoms with Crippen LogP contribution in [0.1, 0.15) is 207 Å². The highest BCUT2D eigenvalue weighted by Gasteiger charge is 2.22. The average Bonchev–Trinajstić information content (AvgIpc) is 3.04. The summed E-state index contributed by atoms with van der Waals surface area (Å²) in [6.07, 6.45) is 32.7. The number of carbonyl (C=O) groups is 2. The fourth-order valence-electron chi connectivity index (χ4n) is 5.82. The van der Waals surface area contributed by atoms with Gasteiger partial charge in [-0.2, -0.15) is 0 Å². The van der Waals surface area contributed by atoms with Crippen LogP contribution in [0.15, 0.2) is 0 Å². The van der Waals surface area contributed by atoms with Crippen molar-refractivity contribution >= 4 is 19.8 Å². The van der Waals surface area contributed by atoms with E-state index in [9.17, 15) is 14.2 Å². The van der Waals surface area contributed by atoms with Crippen molar-refractivity contribution in [1.82, 2.24) is 0 Å². The molecule has 280 valence electrons. The lowest BCUT2D eigenvalue weighted by Gasteiger charge is -2.18. The van der Waals surface area contributed by atoms with Crippen molar-refractivity contribution in [3.8, 4) is 0 Å². The van der Waals surface area contributed by atoms with Gasteiger partial charge in [0.1, 0.15) is 6.61 Å². The minimum Gasteiger partial charge on any atom is -0.462 e. The largest absolute Gasteiger partial charge is 0.469 e. The molecule has 0 aliphatic rings. The van der Waals surface area contributed by atoms with Crippen molar-refractivity contribution in [2.45, 2.75) is 213 Å². The van der Waals surface area contributed by atoms with Gasteiger partial charge in [-0.1, -0.05) is 181 Å². The highest BCUT2D eigenvalue weighted by atomic mass is 31.2. The minimum absolute atomic E-state index is 0.215. The molecule has 0 saturated carbocycles. The number of unbranched alkanes of at least 4 members (excludes halogenated alkanes) is 23. The Morgan fingerprint density at radius 3 is 1.34 bits per heavy atom. The summed E-state index contributed by atoms with van der Waals surface area (Å²) in [5.41, 5.74) is 0. The number of phosphoric acid groups is 1. The molecule has 9 heteroatoms. The van der Waals surface area contributed by atoms with Crippen LogP contribution in [0.2, 0.25) is 0 Å². The first-order chi connectivity index (χ1) is 22.7. The molecule has 47 heavy (non-hydrogen) atoms. The summed E-state index contributed by atoms with van der Waals surface area (Å²) in [5.74, 6) is -0.0940. The summed E-state index contributed by atoms with van der Waals surface area (Å²) in [5, 5.41) is 0. The molecule has 0 bridgehead atoms. The van der Waals surface area contributed by atoms with E-state index in [2.05, 4.69) is 25.3 Å². The van der Waals surface area contributed by atoms with Gasteiger partial charge in [-0.05, 0) is 18.8 Å². The third-order valence-electron chi connectivity index (χ3n) is 9.17. The Balaban J connectivity index is 3.84. The SMILES string of the molecule is CCCCCCCCCCCCCCCCCCCCCC(=O)OC[C@H](COP(=O)(O)O)OC(=O)CCCCCCCCC(C)CC. The van der Waals surface area contributed by atoms with Gasteiger partial charge in [0.25, 0.3) is 0 Å². The van der Waals surface area contributed by atoms with Crippen LogP contribution < -0.4 is 0 Å². The zero-order valence-corrected chi connectivity index (χ0v) is 31.8. The highest BCUT2D eigenvalue weighted by Crippen LogP contribution is 2.36. The highest BCUT2D eigenvalue weighted by molar-refractivity contribution is 7.46. The van der Waals surface area contributed by atoms with Crippen LogP contribution in [-0.2, 0) is 28.2 Å². The van der Waals surface area contributed by atoms with Crippen LogP contribution in [0, 0.1) is 5.92 Å². The molecule has 0 aliphatic carbocycles. The maximum absolute atomic E-state index is 12.3. The lowest BCUT2D eigenvalue weighted by molar-refractivity contribution is -0.161. The van der Waals surface area contributed by atoms with Crippen molar-refractivity contribution in [3.05, 3.63) is 0 Å². The maximum Gasteiger partial charge on any atom is 0.469 e. The Labute approximate surface area is 289 Å². The van der Waals surface area contributed by atoms with E-state index in [1.54, 1.807) is 0 Å². The first-order valence-electron chi connectivity index (χ1n) is 19.7. The number of hydrogen-bond donors (Lipinski definition) is 2. The maximum atomic E-state index is 12.3. The molecule has 0 aromatic rings. The third kappa shape index (κ3) is 36.2. The van der Waals surface area contributed by atoms with Gasteiger partial charge in [0.15, 0.2) is 6.10 Å². The fourth-order valence-corrected chi connectivity index (χ4v) is 6.18. The fraction of sp³-hybridized carbons (Fsp3) is 0.947. The van der Waals surface area contributed by atoms with E-state index in [0.717, 1.165) is 44.4 Å². The molecule has 0 aromatic heterocycles. The van der Waals surface area contributed by atoms with Crippen LogP contribution in [0.3, 0.4) is 0 Å². The normalized spacial score (nSPS) is 13.0. The molecule has 0 heterocycles. The van der Waals surface area contributed by atoms with E-state index in [1.165, 1.54) is 128 Å². The van der Waals surface area contributed by atoms with Gasteiger partial charge < -0.3 is 19.3 Å². The summed E-state index contributed by atoms with van der Waals surface area (Å²) in [6, 6.07) is 0. The summed E-state index contributed by atoms with van der Waals surface area (Å²) in [7, 11) is -4.74. The van der Waals surface area contributed by atoms with Gasteiger partial charge in [0.2, 0.25) is 0 Å². The monoisotopic (exact) mass is 691 g/mol. The second-order valence-electron chi connectivity index (χ2n) is 13.9. The van der Waals surface area contributed by atoms with Crippen LogP contribution in [0.25, 0.3) is 0 Å². The molecular weight excluding hydrogens is 615 g/mol. The Hall–Kier alpha value is -0.950. The first kappa shape index (κ1) is 46.0. The summed E-state index contributed by atoms with van der Waals surface area (Å²) in [4.78, 5) is 42.6.